The number of anilines is 1. The molecule has 3 aromatic carbocycles. The first-order valence-corrected chi connectivity index (χ1v) is 12.4. The van der Waals surface area contributed by atoms with Gasteiger partial charge in [-0.05, 0) is 66.9 Å². The largest absolute Gasteiger partial charge is 0.497 e. The number of carbonyl (C=O) groups excluding carboxylic acids is 1. The number of nitrogens with one attached hydrogen (secondary N) is 1. The van der Waals surface area contributed by atoms with Gasteiger partial charge in [-0.2, -0.15) is 0 Å². The van der Waals surface area contributed by atoms with E-state index in [-0.39, 0.29) is 10.9 Å². The summed E-state index contributed by atoms with van der Waals surface area (Å²) < 4.78 is 33.1. The van der Waals surface area contributed by atoms with Crippen molar-refractivity contribution in [3.05, 3.63) is 88.9 Å². The Hall–Kier alpha value is -3.03. The molecule has 0 aliphatic heterocycles. The van der Waals surface area contributed by atoms with Crippen LogP contribution in [0.25, 0.3) is 0 Å². The minimum absolute atomic E-state index is 0.0410. The van der Waals surface area contributed by atoms with E-state index in [1.165, 1.54) is 30.9 Å². The molecule has 33 heavy (non-hydrogen) atoms. The van der Waals surface area contributed by atoms with Crippen LogP contribution in [0, 0.1) is 0 Å². The van der Waals surface area contributed by atoms with Gasteiger partial charge < -0.3 is 10.1 Å². The molecule has 0 saturated heterocycles. The van der Waals surface area contributed by atoms with Crippen molar-refractivity contribution in [1.29, 1.82) is 0 Å². The number of amides is 1. The Morgan fingerprint density at radius 2 is 1.73 bits per heavy atom. The summed E-state index contributed by atoms with van der Waals surface area (Å²) >= 11 is 6.11. The minimum Gasteiger partial charge on any atom is -0.497 e. The first-order chi connectivity index (χ1) is 15.7. The molecule has 0 bridgehead atoms. The van der Waals surface area contributed by atoms with E-state index >= 15 is 0 Å². The van der Waals surface area contributed by atoms with Crippen LogP contribution in [0.3, 0.4) is 0 Å². The summed E-state index contributed by atoms with van der Waals surface area (Å²) in [6.45, 7) is 3.54. The van der Waals surface area contributed by atoms with Crippen LogP contribution in [-0.4, -0.2) is 28.0 Å². The average molecular weight is 487 g/mol. The van der Waals surface area contributed by atoms with E-state index < -0.39 is 22.5 Å². The standard InChI is InChI=1S/C25H27ClN2O4S/c1-4-19-8-10-20(11-9-19)18(2)27-25(29)17-28(22-7-5-6-21(26)16-22)33(30,31)24-14-12-23(32-3)13-15-24/h5-16,18H,4,17H2,1-3H3,(H,27,29)/t18-/m0/s1. The topological polar surface area (TPSA) is 75.7 Å². The second kappa shape index (κ2) is 10.7. The Morgan fingerprint density at radius 3 is 2.30 bits per heavy atom. The number of hydrogen-bond donors (Lipinski definition) is 1. The second-order valence-electron chi connectivity index (χ2n) is 7.55. The molecule has 0 saturated carbocycles. The van der Waals surface area contributed by atoms with Crippen molar-refractivity contribution in [2.75, 3.05) is 18.0 Å². The molecule has 0 unspecified atom stereocenters. The molecule has 0 heterocycles. The highest BCUT2D eigenvalue weighted by molar-refractivity contribution is 7.92. The van der Waals surface area contributed by atoms with Crippen molar-refractivity contribution >= 4 is 33.2 Å². The second-order valence-corrected chi connectivity index (χ2v) is 9.85. The maximum absolute atomic E-state index is 13.5. The van der Waals surface area contributed by atoms with Gasteiger partial charge in [-0.15, -0.1) is 0 Å². The summed E-state index contributed by atoms with van der Waals surface area (Å²) in [5.74, 6) is 0.100. The van der Waals surface area contributed by atoms with Gasteiger partial charge >= 0.3 is 0 Å². The van der Waals surface area contributed by atoms with Crippen molar-refractivity contribution in [3.8, 4) is 5.75 Å². The first kappa shape index (κ1) is 24.6. The normalized spacial score (nSPS) is 12.1. The zero-order valence-corrected chi connectivity index (χ0v) is 20.4. The Kier molecular flexibility index (Phi) is 8.00. The van der Waals surface area contributed by atoms with E-state index in [0.717, 1.165) is 16.3 Å². The molecular weight excluding hydrogens is 460 g/mol. The van der Waals surface area contributed by atoms with Crippen LogP contribution in [0.2, 0.25) is 5.02 Å². The maximum Gasteiger partial charge on any atom is 0.264 e. The molecule has 3 aromatic rings. The van der Waals surface area contributed by atoms with Crippen molar-refractivity contribution in [2.45, 2.75) is 31.2 Å². The van der Waals surface area contributed by atoms with Crippen molar-refractivity contribution < 1.29 is 17.9 Å². The smallest absolute Gasteiger partial charge is 0.264 e. The van der Waals surface area contributed by atoms with Crippen LogP contribution >= 0.6 is 11.6 Å². The summed E-state index contributed by atoms with van der Waals surface area (Å²) in [6, 6.07) is 20.1. The number of methoxy groups -OCH3 is 1. The molecule has 1 atom stereocenters. The van der Waals surface area contributed by atoms with Gasteiger partial charge in [-0.3, -0.25) is 9.10 Å². The number of halogens is 1. The van der Waals surface area contributed by atoms with E-state index in [2.05, 4.69) is 12.2 Å². The van der Waals surface area contributed by atoms with Crippen LogP contribution in [0.4, 0.5) is 5.69 Å². The number of nitrogens with zero attached hydrogens (tertiary/aromatic N) is 1. The Bertz CT molecular complexity index is 1200. The van der Waals surface area contributed by atoms with Gasteiger partial charge in [0.2, 0.25) is 5.91 Å². The van der Waals surface area contributed by atoms with Gasteiger partial charge in [0.25, 0.3) is 10.0 Å². The van der Waals surface area contributed by atoms with E-state index in [9.17, 15) is 13.2 Å². The number of hydrogen-bond acceptors (Lipinski definition) is 4. The Balaban J connectivity index is 1.87. The van der Waals surface area contributed by atoms with E-state index in [0.29, 0.717) is 16.5 Å². The van der Waals surface area contributed by atoms with E-state index in [1.807, 2.05) is 31.2 Å². The van der Waals surface area contributed by atoms with Crippen LogP contribution in [0.5, 0.6) is 5.75 Å². The number of carbonyl (C=O) groups is 1. The average Bonchev–Trinajstić information content (AvgIpc) is 2.82. The number of rotatable bonds is 9. The quantitative estimate of drug-likeness (QED) is 0.462. The van der Waals surface area contributed by atoms with Gasteiger partial charge in [-0.25, -0.2) is 8.42 Å². The molecule has 0 aromatic heterocycles. The predicted octanol–water partition coefficient (Wildman–Crippen LogP) is 4.98. The van der Waals surface area contributed by atoms with Gasteiger partial charge in [0.1, 0.15) is 12.3 Å². The molecule has 8 heteroatoms. The van der Waals surface area contributed by atoms with E-state index in [1.54, 1.807) is 30.3 Å². The molecule has 1 N–H and O–H groups in total. The molecule has 3 rings (SSSR count). The lowest BCUT2D eigenvalue weighted by atomic mass is 10.1. The third kappa shape index (κ3) is 6.06. The molecule has 0 fully saturated rings. The van der Waals surface area contributed by atoms with Crippen LogP contribution in [0.1, 0.15) is 31.0 Å². The van der Waals surface area contributed by atoms with E-state index in [4.69, 9.17) is 16.3 Å². The highest BCUT2D eigenvalue weighted by atomic mass is 35.5. The third-order valence-corrected chi connectivity index (χ3v) is 7.32. The highest BCUT2D eigenvalue weighted by Crippen LogP contribution is 2.27. The summed E-state index contributed by atoms with van der Waals surface area (Å²) in [5, 5.41) is 3.26. The Labute approximate surface area is 200 Å². The van der Waals surface area contributed by atoms with Gasteiger partial charge in [-0.1, -0.05) is 48.9 Å². The lowest BCUT2D eigenvalue weighted by molar-refractivity contribution is -0.120. The van der Waals surface area contributed by atoms with Crippen LogP contribution in [-0.2, 0) is 21.2 Å². The minimum atomic E-state index is -4.04. The number of benzene rings is 3. The predicted molar refractivity (Wildman–Crippen MR) is 131 cm³/mol. The number of ether oxygens (including phenoxy) is 1. The number of sulfonamides is 1. The fraction of sp³-hybridized carbons (Fsp3) is 0.240. The summed E-state index contributed by atoms with van der Waals surface area (Å²) in [5.41, 5.74) is 2.44. The van der Waals surface area contributed by atoms with Gasteiger partial charge in [0.05, 0.1) is 23.7 Å². The highest BCUT2D eigenvalue weighted by Gasteiger charge is 2.28. The summed E-state index contributed by atoms with van der Waals surface area (Å²) in [4.78, 5) is 13.0. The monoisotopic (exact) mass is 486 g/mol. The fourth-order valence-electron chi connectivity index (χ4n) is 3.36. The SMILES string of the molecule is CCc1ccc([C@H](C)NC(=O)CN(c2cccc(Cl)c2)S(=O)(=O)c2ccc(OC)cc2)cc1. The fourth-order valence-corrected chi connectivity index (χ4v) is 4.96. The zero-order valence-electron chi connectivity index (χ0n) is 18.8. The molecule has 174 valence electrons. The third-order valence-electron chi connectivity index (χ3n) is 5.30. The molecule has 0 aliphatic rings. The first-order valence-electron chi connectivity index (χ1n) is 10.5. The lowest BCUT2D eigenvalue weighted by Crippen LogP contribution is -2.41. The molecule has 0 spiro atoms. The zero-order chi connectivity index (χ0) is 24.0. The summed E-state index contributed by atoms with van der Waals surface area (Å²) in [7, 11) is -2.54. The van der Waals surface area contributed by atoms with Crippen LogP contribution < -0.4 is 14.4 Å². The van der Waals surface area contributed by atoms with Crippen molar-refractivity contribution in [3.63, 3.8) is 0 Å². The lowest BCUT2D eigenvalue weighted by Gasteiger charge is -2.25. The maximum atomic E-state index is 13.5. The van der Waals surface area contributed by atoms with Crippen LogP contribution in [0.15, 0.2) is 77.7 Å². The molecule has 1 amide bonds. The van der Waals surface area contributed by atoms with Gasteiger partial charge in [0.15, 0.2) is 0 Å². The number of aryl methyl sites for hydroxylation is 1. The molecule has 6 nitrogen and oxygen atoms in total. The summed E-state index contributed by atoms with van der Waals surface area (Å²) in [6.07, 6.45) is 0.929. The van der Waals surface area contributed by atoms with Crippen molar-refractivity contribution in [1.82, 2.24) is 5.32 Å². The molecule has 0 radical (unpaired) electrons. The Morgan fingerprint density at radius 1 is 1.06 bits per heavy atom. The molecule has 0 aliphatic carbocycles. The van der Waals surface area contributed by atoms with Gasteiger partial charge in [0, 0.05) is 5.02 Å². The molecular formula is C25H27ClN2O4S. The van der Waals surface area contributed by atoms with Crippen molar-refractivity contribution in [2.24, 2.45) is 0 Å².